The van der Waals surface area contributed by atoms with Crippen LogP contribution in [0, 0.1) is 0 Å². The van der Waals surface area contributed by atoms with Crippen molar-refractivity contribution in [3.05, 3.63) is 71.1 Å². The van der Waals surface area contributed by atoms with Crippen LogP contribution in [0.2, 0.25) is 0 Å². The molecule has 146 valence electrons. The normalized spacial score (nSPS) is 16.7. The maximum absolute atomic E-state index is 12.6. The molecule has 1 aliphatic heterocycles. The number of nitrogens with zero attached hydrogens (tertiary/aromatic N) is 1. The molecule has 0 spiro atoms. The van der Waals surface area contributed by atoms with Crippen LogP contribution in [0.1, 0.15) is 37.9 Å². The Labute approximate surface area is 165 Å². The topological polar surface area (TPSA) is 84.8 Å². The maximum Gasteiger partial charge on any atom is 0.355 e. The van der Waals surface area contributed by atoms with E-state index < -0.39 is 27.6 Å². The monoisotopic (exact) mass is 398 g/mol. The molecule has 7 heteroatoms. The highest BCUT2D eigenvalue weighted by atomic mass is 32.2. The van der Waals surface area contributed by atoms with Crippen molar-refractivity contribution in [1.82, 2.24) is 4.72 Å². The van der Waals surface area contributed by atoms with E-state index in [9.17, 15) is 13.2 Å². The van der Waals surface area contributed by atoms with Gasteiger partial charge in [-0.25, -0.2) is 18.2 Å². The summed E-state index contributed by atoms with van der Waals surface area (Å²) in [4.78, 5) is 16.9. The van der Waals surface area contributed by atoms with Gasteiger partial charge in [-0.3, -0.25) is 0 Å². The van der Waals surface area contributed by atoms with Crippen molar-refractivity contribution in [3.8, 4) is 0 Å². The number of carbonyl (C=O) groups excluding carboxylic acids is 1. The van der Waals surface area contributed by atoms with E-state index in [-0.39, 0.29) is 5.71 Å². The Balaban J connectivity index is 1.88. The highest BCUT2D eigenvalue weighted by Crippen LogP contribution is 2.35. The second-order valence-corrected chi connectivity index (χ2v) is 8.96. The number of benzene rings is 2. The molecule has 0 fully saturated rings. The Morgan fingerprint density at radius 3 is 2.39 bits per heavy atom. The lowest BCUT2D eigenvalue weighted by atomic mass is 10.0. The van der Waals surface area contributed by atoms with Crippen molar-refractivity contribution in [3.63, 3.8) is 0 Å². The second kappa shape index (κ2) is 7.69. The standard InChI is InChI=1S/C21H22N2O4S/c1-21(2,3)27-20(24)19-18(16-11-7-8-12-17(16)22-19)23-28(25,26)14-13-15-9-5-4-6-10-15/h4-14,18,23H,1-3H3/b14-13-. The predicted molar refractivity (Wildman–Crippen MR) is 110 cm³/mol. The third kappa shape index (κ3) is 4.94. The number of hydrogen-bond donors (Lipinski definition) is 1. The summed E-state index contributed by atoms with van der Waals surface area (Å²) < 4.78 is 33.2. The van der Waals surface area contributed by atoms with Gasteiger partial charge in [0.1, 0.15) is 11.3 Å². The molecule has 0 saturated carbocycles. The highest BCUT2D eigenvalue weighted by molar-refractivity contribution is 7.92. The molecule has 0 radical (unpaired) electrons. The first kappa shape index (κ1) is 20.0. The van der Waals surface area contributed by atoms with Crippen LogP contribution in [0.25, 0.3) is 6.08 Å². The van der Waals surface area contributed by atoms with E-state index >= 15 is 0 Å². The quantitative estimate of drug-likeness (QED) is 0.778. The first-order valence-electron chi connectivity index (χ1n) is 8.81. The Hall–Kier alpha value is -2.77. The zero-order chi connectivity index (χ0) is 20.4. The van der Waals surface area contributed by atoms with E-state index in [1.165, 1.54) is 6.08 Å². The van der Waals surface area contributed by atoms with Crippen molar-refractivity contribution in [2.45, 2.75) is 32.4 Å². The summed E-state index contributed by atoms with van der Waals surface area (Å²) in [5.41, 5.74) is 1.21. The summed E-state index contributed by atoms with van der Waals surface area (Å²) in [6, 6.07) is 15.2. The van der Waals surface area contributed by atoms with Crippen LogP contribution in [0.4, 0.5) is 5.69 Å². The average Bonchev–Trinajstić information content (AvgIpc) is 2.98. The summed E-state index contributed by atoms with van der Waals surface area (Å²) in [6.45, 7) is 5.24. The summed E-state index contributed by atoms with van der Waals surface area (Å²) >= 11 is 0. The summed E-state index contributed by atoms with van der Waals surface area (Å²) in [7, 11) is -3.84. The van der Waals surface area contributed by atoms with Gasteiger partial charge in [-0.15, -0.1) is 0 Å². The Morgan fingerprint density at radius 1 is 1.07 bits per heavy atom. The minimum absolute atomic E-state index is 0.0211. The largest absolute Gasteiger partial charge is 0.455 e. The van der Waals surface area contributed by atoms with Crippen LogP contribution in [0.5, 0.6) is 0 Å². The van der Waals surface area contributed by atoms with E-state index in [0.717, 1.165) is 11.0 Å². The maximum atomic E-state index is 12.6. The SMILES string of the molecule is CC(C)(C)OC(=O)C1=Nc2ccccc2C1NS(=O)(=O)/C=C\c1ccccc1. The van der Waals surface area contributed by atoms with Gasteiger partial charge >= 0.3 is 5.97 Å². The number of esters is 1. The van der Waals surface area contributed by atoms with E-state index in [4.69, 9.17) is 4.74 Å². The van der Waals surface area contributed by atoms with Crippen LogP contribution in [0.3, 0.4) is 0 Å². The number of para-hydroxylation sites is 1. The fourth-order valence-corrected chi connectivity index (χ4v) is 3.71. The van der Waals surface area contributed by atoms with E-state index in [1.54, 1.807) is 57.2 Å². The lowest BCUT2D eigenvalue weighted by Gasteiger charge is -2.21. The number of nitrogens with one attached hydrogen (secondary N) is 1. The van der Waals surface area contributed by atoms with Crippen molar-refractivity contribution < 1.29 is 17.9 Å². The molecule has 0 amide bonds. The molecule has 2 aromatic carbocycles. The number of hydrogen-bond acceptors (Lipinski definition) is 5. The molecule has 6 nitrogen and oxygen atoms in total. The molecule has 28 heavy (non-hydrogen) atoms. The van der Waals surface area contributed by atoms with Gasteiger partial charge in [-0.2, -0.15) is 4.72 Å². The van der Waals surface area contributed by atoms with Crippen LogP contribution >= 0.6 is 0 Å². The van der Waals surface area contributed by atoms with Crippen LogP contribution in [-0.2, 0) is 19.6 Å². The Kier molecular flexibility index (Phi) is 5.49. The van der Waals surface area contributed by atoms with Crippen LogP contribution in [-0.4, -0.2) is 25.7 Å². The first-order chi connectivity index (χ1) is 13.1. The number of ether oxygens (including phenoxy) is 1. The summed E-state index contributed by atoms with van der Waals surface area (Å²) in [5, 5.41) is 1.08. The van der Waals surface area contributed by atoms with Gasteiger partial charge < -0.3 is 4.74 Å². The minimum atomic E-state index is -3.84. The Morgan fingerprint density at radius 2 is 1.71 bits per heavy atom. The third-order valence-electron chi connectivity index (χ3n) is 3.89. The molecular formula is C21H22N2O4S. The van der Waals surface area contributed by atoms with Crippen LogP contribution in [0.15, 0.2) is 65.0 Å². The third-order valence-corrected chi connectivity index (χ3v) is 4.95. The average molecular weight is 398 g/mol. The Bertz CT molecular complexity index is 1040. The zero-order valence-electron chi connectivity index (χ0n) is 15.9. The van der Waals surface area contributed by atoms with Gasteiger partial charge in [0.2, 0.25) is 10.0 Å². The molecule has 0 aliphatic carbocycles. The van der Waals surface area contributed by atoms with Gasteiger partial charge in [-0.1, -0.05) is 48.5 Å². The van der Waals surface area contributed by atoms with E-state index in [1.807, 2.05) is 18.2 Å². The number of aliphatic imine (C=N–C) groups is 1. The fourth-order valence-electron chi connectivity index (χ4n) is 2.72. The lowest BCUT2D eigenvalue weighted by molar-refractivity contribution is -0.146. The molecule has 2 aromatic rings. The number of sulfonamides is 1. The molecule has 1 aliphatic rings. The van der Waals surface area contributed by atoms with Gasteiger partial charge in [-0.05, 0) is 38.5 Å². The van der Waals surface area contributed by atoms with E-state index in [2.05, 4.69) is 9.71 Å². The molecule has 3 rings (SSSR count). The van der Waals surface area contributed by atoms with Crippen molar-refractivity contribution in [2.75, 3.05) is 0 Å². The number of rotatable bonds is 5. The predicted octanol–water partition coefficient (Wildman–Crippen LogP) is 3.75. The second-order valence-electron chi connectivity index (χ2n) is 7.37. The molecule has 1 atom stereocenters. The minimum Gasteiger partial charge on any atom is -0.455 e. The smallest absolute Gasteiger partial charge is 0.355 e. The van der Waals surface area contributed by atoms with Gasteiger partial charge in [0.25, 0.3) is 0 Å². The molecule has 1 heterocycles. The van der Waals surface area contributed by atoms with Crippen molar-refractivity contribution >= 4 is 33.5 Å². The molecule has 1 N–H and O–H groups in total. The lowest BCUT2D eigenvalue weighted by Crippen LogP contribution is -2.37. The van der Waals surface area contributed by atoms with Crippen LogP contribution < -0.4 is 4.72 Å². The zero-order valence-corrected chi connectivity index (χ0v) is 16.7. The van der Waals surface area contributed by atoms with Gasteiger partial charge in [0.15, 0.2) is 0 Å². The summed E-state index contributed by atoms with van der Waals surface area (Å²) in [5.74, 6) is -0.650. The van der Waals surface area contributed by atoms with Crippen molar-refractivity contribution in [2.24, 2.45) is 4.99 Å². The van der Waals surface area contributed by atoms with E-state index in [0.29, 0.717) is 11.3 Å². The highest BCUT2D eigenvalue weighted by Gasteiger charge is 2.36. The molecule has 0 saturated heterocycles. The fraction of sp³-hybridized carbons (Fsp3) is 0.238. The molecular weight excluding hydrogens is 376 g/mol. The molecule has 0 bridgehead atoms. The summed E-state index contributed by atoms with van der Waals surface area (Å²) in [6.07, 6.45) is 1.49. The molecule has 1 unspecified atom stereocenters. The molecule has 0 aromatic heterocycles. The number of carbonyl (C=O) groups is 1. The first-order valence-corrected chi connectivity index (χ1v) is 10.4. The van der Waals surface area contributed by atoms with Gasteiger partial charge in [0.05, 0.1) is 11.7 Å². The number of fused-ring (bicyclic) bond motifs is 1. The van der Waals surface area contributed by atoms with Gasteiger partial charge in [0, 0.05) is 11.0 Å². The van der Waals surface area contributed by atoms with Crippen molar-refractivity contribution in [1.29, 1.82) is 0 Å².